The smallest absolute Gasteiger partial charge is 0.410 e. The standard InChI is InChI=1S/C15H23BrN4O2/c1-15(2,3)22-14(21)20-6-4-5-19(7-8-20)13-11(16)9-18-10-12(13)17/h9-10H,4-8,17H2,1-3H3. The van der Waals surface area contributed by atoms with Crippen molar-refractivity contribution in [3.8, 4) is 0 Å². The van der Waals surface area contributed by atoms with Crippen LogP contribution in [0.1, 0.15) is 27.2 Å². The molecule has 0 aliphatic carbocycles. The van der Waals surface area contributed by atoms with Gasteiger partial charge in [-0.15, -0.1) is 0 Å². The third-order valence-corrected chi connectivity index (χ3v) is 3.95. The Labute approximate surface area is 139 Å². The van der Waals surface area contributed by atoms with Crippen molar-refractivity contribution in [3.05, 3.63) is 16.9 Å². The lowest BCUT2D eigenvalue weighted by molar-refractivity contribution is 0.0263. The van der Waals surface area contributed by atoms with E-state index >= 15 is 0 Å². The Morgan fingerprint density at radius 3 is 2.64 bits per heavy atom. The van der Waals surface area contributed by atoms with Gasteiger partial charge in [0.05, 0.1) is 22.0 Å². The molecule has 1 aliphatic heterocycles. The summed E-state index contributed by atoms with van der Waals surface area (Å²) in [4.78, 5) is 20.2. The molecule has 1 fully saturated rings. The monoisotopic (exact) mass is 370 g/mol. The van der Waals surface area contributed by atoms with E-state index in [1.54, 1.807) is 17.3 Å². The van der Waals surface area contributed by atoms with Gasteiger partial charge < -0.3 is 20.3 Å². The quantitative estimate of drug-likeness (QED) is 0.822. The zero-order valence-electron chi connectivity index (χ0n) is 13.3. The number of hydrogen-bond acceptors (Lipinski definition) is 5. The Morgan fingerprint density at radius 2 is 2.00 bits per heavy atom. The molecule has 6 nitrogen and oxygen atoms in total. The van der Waals surface area contributed by atoms with E-state index in [-0.39, 0.29) is 6.09 Å². The number of nitrogens with two attached hydrogens (primary N) is 1. The number of pyridine rings is 1. The number of amides is 1. The number of carbonyl (C=O) groups excluding carboxylic acids is 1. The fraction of sp³-hybridized carbons (Fsp3) is 0.600. The number of anilines is 2. The van der Waals surface area contributed by atoms with Crippen LogP contribution in [0.3, 0.4) is 0 Å². The van der Waals surface area contributed by atoms with E-state index in [4.69, 9.17) is 10.5 Å². The van der Waals surface area contributed by atoms with Crippen LogP contribution in [0.4, 0.5) is 16.2 Å². The highest BCUT2D eigenvalue weighted by Gasteiger charge is 2.25. The highest BCUT2D eigenvalue weighted by molar-refractivity contribution is 9.10. The van der Waals surface area contributed by atoms with Crippen molar-refractivity contribution in [2.24, 2.45) is 0 Å². The maximum absolute atomic E-state index is 12.2. The van der Waals surface area contributed by atoms with Crippen molar-refractivity contribution in [1.29, 1.82) is 0 Å². The van der Waals surface area contributed by atoms with Crippen LogP contribution in [0.15, 0.2) is 16.9 Å². The highest BCUT2D eigenvalue weighted by Crippen LogP contribution is 2.31. The average Bonchev–Trinajstić information content (AvgIpc) is 2.62. The van der Waals surface area contributed by atoms with Gasteiger partial charge in [-0.2, -0.15) is 0 Å². The van der Waals surface area contributed by atoms with Gasteiger partial charge in [0, 0.05) is 32.4 Å². The van der Waals surface area contributed by atoms with E-state index in [9.17, 15) is 4.79 Å². The molecule has 22 heavy (non-hydrogen) atoms. The van der Waals surface area contributed by atoms with Crippen molar-refractivity contribution < 1.29 is 9.53 Å². The molecule has 1 aromatic heterocycles. The van der Waals surface area contributed by atoms with Crippen molar-refractivity contribution in [2.45, 2.75) is 32.8 Å². The Morgan fingerprint density at radius 1 is 1.27 bits per heavy atom. The summed E-state index contributed by atoms with van der Waals surface area (Å²) in [6, 6.07) is 0. The van der Waals surface area contributed by atoms with Crippen LogP contribution < -0.4 is 10.6 Å². The van der Waals surface area contributed by atoms with Gasteiger partial charge in [-0.05, 0) is 43.1 Å². The number of halogens is 1. The van der Waals surface area contributed by atoms with Crippen LogP contribution in [-0.4, -0.2) is 47.8 Å². The molecule has 0 spiro atoms. The number of nitrogens with zero attached hydrogens (tertiary/aromatic N) is 3. The first-order chi connectivity index (χ1) is 10.3. The minimum Gasteiger partial charge on any atom is -0.444 e. The normalized spacial score (nSPS) is 16.4. The lowest BCUT2D eigenvalue weighted by Gasteiger charge is -2.27. The molecule has 2 heterocycles. The van der Waals surface area contributed by atoms with Gasteiger partial charge in [0.1, 0.15) is 5.60 Å². The SMILES string of the molecule is CC(C)(C)OC(=O)N1CCCN(c2c(N)cncc2Br)CC1. The van der Waals surface area contributed by atoms with Crippen LogP contribution in [0.2, 0.25) is 0 Å². The predicted molar refractivity (Wildman–Crippen MR) is 91.0 cm³/mol. The second kappa shape index (κ2) is 6.73. The summed E-state index contributed by atoms with van der Waals surface area (Å²) in [5, 5.41) is 0. The molecule has 7 heteroatoms. The molecule has 0 radical (unpaired) electrons. The van der Waals surface area contributed by atoms with Gasteiger partial charge in [0.25, 0.3) is 0 Å². The van der Waals surface area contributed by atoms with E-state index < -0.39 is 5.60 Å². The van der Waals surface area contributed by atoms with Crippen LogP contribution in [0.5, 0.6) is 0 Å². The van der Waals surface area contributed by atoms with Gasteiger partial charge in [0.2, 0.25) is 0 Å². The Kier molecular flexibility index (Phi) is 5.16. The second-order valence-electron chi connectivity index (χ2n) is 6.37. The van der Waals surface area contributed by atoms with Crippen LogP contribution in [0.25, 0.3) is 0 Å². The molecular formula is C15H23BrN4O2. The average molecular weight is 371 g/mol. The van der Waals surface area contributed by atoms with Gasteiger partial charge in [-0.25, -0.2) is 4.79 Å². The largest absolute Gasteiger partial charge is 0.444 e. The van der Waals surface area contributed by atoms with Crippen molar-refractivity contribution >= 4 is 33.4 Å². The minimum absolute atomic E-state index is 0.254. The van der Waals surface area contributed by atoms with E-state index in [2.05, 4.69) is 25.8 Å². The molecule has 0 saturated carbocycles. The molecule has 0 atom stereocenters. The number of carbonyl (C=O) groups is 1. The van der Waals surface area contributed by atoms with Crippen molar-refractivity contribution in [2.75, 3.05) is 36.8 Å². The molecule has 1 amide bonds. The Balaban J connectivity index is 2.05. The molecule has 0 unspecified atom stereocenters. The predicted octanol–water partition coefficient (Wildman–Crippen LogP) is 2.87. The van der Waals surface area contributed by atoms with E-state index in [1.807, 2.05) is 20.8 Å². The number of ether oxygens (including phenoxy) is 1. The molecule has 122 valence electrons. The van der Waals surface area contributed by atoms with Gasteiger partial charge in [-0.3, -0.25) is 4.98 Å². The number of aromatic nitrogens is 1. The summed E-state index contributed by atoms with van der Waals surface area (Å²) >= 11 is 3.50. The van der Waals surface area contributed by atoms with E-state index in [1.165, 1.54) is 0 Å². The van der Waals surface area contributed by atoms with Crippen LogP contribution >= 0.6 is 15.9 Å². The second-order valence-corrected chi connectivity index (χ2v) is 7.22. The first-order valence-electron chi connectivity index (χ1n) is 7.40. The molecule has 2 N–H and O–H groups in total. The Bertz CT molecular complexity index is 525. The minimum atomic E-state index is -0.471. The topological polar surface area (TPSA) is 71.7 Å². The summed E-state index contributed by atoms with van der Waals surface area (Å²) in [7, 11) is 0. The Hall–Kier alpha value is -1.50. The fourth-order valence-electron chi connectivity index (χ4n) is 2.43. The number of hydrogen-bond donors (Lipinski definition) is 1. The zero-order valence-corrected chi connectivity index (χ0v) is 14.9. The summed E-state index contributed by atoms with van der Waals surface area (Å²) in [5.74, 6) is 0. The molecule has 1 saturated heterocycles. The zero-order chi connectivity index (χ0) is 16.3. The maximum Gasteiger partial charge on any atom is 0.410 e. The summed E-state index contributed by atoms with van der Waals surface area (Å²) < 4.78 is 6.32. The molecule has 0 aromatic carbocycles. The van der Waals surface area contributed by atoms with Gasteiger partial charge in [0.15, 0.2) is 0 Å². The van der Waals surface area contributed by atoms with Crippen LogP contribution in [0, 0.1) is 0 Å². The fourth-order valence-corrected chi connectivity index (χ4v) is 3.02. The van der Waals surface area contributed by atoms with Crippen molar-refractivity contribution in [3.63, 3.8) is 0 Å². The first-order valence-corrected chi connectivity index (χ1v) is 8.19. The van der Waals surface area contributed by atoms with Crippen LogP contribution in [-0.2, 0) is 4.74 Å². The third kappa shape index (κ3) is 4.25. The maximum atomic E-state index is 12.2. The highest BCUT2D eigenvalue weighted by atomic mass is 79.9. The lowest BCUT2D eigenvalue weighted by Crippen LogP contribution is -2.39. The summed E-state index contributed by atoms with van der Waals surface area (Å²) in [6.45, 7) is 8.49. The van der Waals surface area contributed by atoms with Gasteiger partial charge >= 0.3 is 6.09 Å². The molecule has 2 rings (SSSR count). The molecule has 1 aliphatic rings. The summed E-state index contributed by atoms with van der Waals surface area (Å²) in [5.41, 5.74) is 7.16. The number of rotatable bonds is 1. The third-order valence-electron chi connectivity index (χ3n) is 3.36. The molecule has 0 bridgehead atoms. The van der Waals surface area contributed by atoms with E-state index in [0.29, 0.717) is 25.3 Å². The molecular weight excluding hydrogens is 348 g/mol. The van der Waals surface area contributed by atoms with Crippen molar-refractivity contribution in [1.82, 2.24) is 9.88 Å². The number of nitrogen functional groups attached to an aromatic ring is 1. The first kappa shape index (κ1) is 16.9. The lowest BCUT2D eigenvalue weighted by atomic mass is 10.2. The van der Waals surface area contributed by atoms with E-state index in [0.717, 1.165) is 23.1 Å². The molecule has 1 aromatic rings. The van der Waals surface area contributed by atoms with Gasteiger partial charge in [-0.1, -0.05) is 0 Å². The summed E-state index contributed by atoms with van der Waals surface area (Å²) in [6.07, 6.45) is 4.00.